The maximum atomic E-state index is 12.4. The molecule has 0 radical (unpaired) electrons. The van der Waals surface area contributed by atoms with Gasteiger partial charge in [0.15, 0.2) is 11.0 Å². The molecule has 0 bridgehead atoms. The normalized spacial score (nSPS) is 15.5. The molecule has 3 aromatic rings. The number of carbonyl (C=O) groups excluding carboxylic acids is 3. The van der Waals surface area contributed by atoms with Crippen molar-refractivity contribution in [2.45, 2.75) is 37.9 Å². The van der Waals surface area contributed by atoms with Gasteiger partial charge < -0.3 is 19.9 Å². The van der Waals surface area contributed by atoms with Crippen LogP contribution in [0, 0.1) is 6.92 Å². The number of anilines is 1. The van der Waals surface area contributed by atoms with Crippen molar-refractivity contribution in [1.82, 2.24) is 30.6 Å². The van der Waals surface area contributed by atoms with E-state index in [0.29, 0.717) is 34.9 Å². The summed E-state index contributed by atoms with van der Waals surface area (Å²) in [5, 5.41) is 20.4. The lowest BCUT2D eigenvalue weighted by Gasteiger charge is -2.23. The molecule has 1 aromatic carbocycles. The second kappa shape index (κ2) is 10.4. The Labute approximate surface area is 198 Å². The van der Waals surface area contributed by atoms with E-state index in [-0.39, 0.29) is 30.4 Å². The van der Waals surface area contributed by atoms with Crippen LogP contribution in [0.5, 0.6) is 5.75 Å². The fraction of sp³-hybridized carbons (Fsp3) is 0.333. The monoisotopic (exact) mass is 485 g/mol. The van der Waals surface area contributed by atoms with E-state index in [1.807, 2.05) is 31.2 Å². The SMILES string of the molecule is CCOc1ccc(-n2c(CC3CC(=O)NC(=O)N3)nnc2SCC(=O)Nc2cc(C)on2)cc1. The van der Waals surface area contributed by atoms with Gasteiger partial charge in [0, 0.05) is 30.6 Å². The zero-order valence-electron chi connectivity index (χ0n) is 18.5. The zero-order valence-corrected chi connectivity index (χ0v) is 19.3. The van der Waals surface area contributed by atoms with Gasteiger partial charge in [-0.2, -0.15) is 0 Å². The first-order valence-corrected chi connectivity index (χ1v) is 11.5. The van der Waals surface area contributed by atoms with Crippen LogP contribution in [0.3, 0.4) is 0 Å². The van der Waals surface area contributed by atoms with Gasteiger partial charge >= 0.3 is 6.03 Å². The summed E-state index contributed by atoms with van der Waals surface area (Å²) in [6.07, 6.45) is 0.411. The van der Waals surface area contributed by atoms with Crippen LogP contribution in [-0.2, 0) is 16.0 Å². The Bertz CT molecular complexity index is 1170. The number of amides is 4. The molecular formula is C21H23N7O5S. The minimum atomic E-state index is -0.539. The largest absolute Gasteiger partial charge is 0.494 e. The maximum Gasteiger partial charge on any atom is 0.321 e. The van der Waals surface area contributed by atoms with Gasteiger partial charge in [-0.1, -0.05) is 16.9 Å². The van der Waals surface area contributed by atoms with Crippen molar-refractivity contribution < 1.29 is 23.6 Å². The van der Waals surface area contributed by atoms with Crippen LogP contribution in [0.1, 0.15) is 24.9 Å². The number of imide groups is 1. The molecule has 34 heavy (non-hydrogen) atoms. The Morgan fingerprint density at radius 2 is 2.09 bits per heavy atom. The number of thioether (sulfide) groups is 1. The summed E-state index contributed by atoms with van der Waals surface area (Å²) in [4.78, 5) is 35.9. The number of ether oxygens (including phenoxy) is 1. The summed E-state index contributed by atoms with van der Waals surface area (Å²) in [7, 11) is 0. The Morgan fingerprint density at radius 1 is 1.29 bits per heavy atom. The molecule has 13 heteroatoms. The third-order valence-electron chi connectivity index (χ3n) is 4.78. The number of aryl methyl sites for hydroxylation is 1. The van der Waals surface area contributed by atoms with Crippen LogP contribution in [0.15, 0.2) is 40.0 Å². The van der Waals surface area contributed by atoms with Gasteiger partial charge in [0.05, 0.1) is 12.4 Å². The quantitative estimate of drug-likeness (QED) is 0.385. The summed E-state index contributed by atoms with van der Waals surface area (Å²) >= 11 is 1.20. The Kier molecular flexibility index (Phi) is 7.11. The molecule has 178 valence electrons. The molecule has 1 saturated heterocycles. The molecule has 0 saturated carbocycles. The molecule has 1 aliphatic rings. The van der Waals surface area contributed by atoms with E-state index in [9.17, 15) is 14.4 Å². The van der Waals surface area contributed by atoms with Crippen molar-refractivity contribution in [3.63, 3.8) is 0 Å². The number of carbonyl (C=O) groups is 3. The summed E-state index contributed by atoms with van der Waals surface area (Å²) < 4.78 is 12.3. The Morgan fingerprint density at radius 3 is 2.76 bits per heavy atom. The number of urea groups is 1. The lowest BCUT2D eigenvalue weighted by Crippen LogP contribution is -2.53. The van der Waals surface area contributed by atoms with Crippen molar-refractivity contribution in [3.8, 4) is 11.4 Å². The highest BCUT2D eigenvalue weighted by atomic mass is 32.2. The van der Waals surface area contributed by atoms with E-state index >= 15 is 0 Å². The van der Waals surface area contributed by atoms with Gasteiger partial charge in [0.1, 0.15) is 17.3 Å². The molecule has 2 aromatic heterocycles. The van der Waals surface area contributed by atoms with Crippen LogP contribution in [-0.4, -0.2) is 56.2 Å². The summed E-state index contributed by atoms with van der Waals surface area (Å²) in [6, 6.07) is 8.02. The van der Waals surface area contributed by atoms with Gasteiger partial charge in [0.25, 0.3) is 0 Å². The number of aromatic nitrogens is 4. The fourth-order valence-electron chi connectivity index (χ4n) is 3.40. The predicted molar refractivity (Wildman–Crippen MR) is 122 cm³/mol. The standard InChI is InChI=1S/C21H23N7O5S/c1-3-32-15-6-4-14(5-7-15)28-17(9-13-10-18(29)24-20(31)22-13)25-26-21(28)34-11-19(30)23-16-8-12(2)33-27-16/h4-8,13H,3,9-11H2,1-2H3,(H,23,27,30)(H2,22,24,29,31). The predicted octanol–water partition coefficient (Wildman–Crippen LogP) is 1.83. The molecule has 1 fully saturated rings. The average Bonchev–Trinajstić information content (AvgIpc) is 3.38. The minimum absolute atomic E-state index is 0.0592. The first kappa shape index (κ1) is 23.3. The second-order valence-corrected chi connectivity index (χ2v) is 8.39. The molecule has 0 aliphatic carbocycles. The molecular weight excluding hydrogens is 462 g/mol. The topological polar surface area (TPSA) is 153 Å². The second-order valence-electron chi connectivity index (χ2n) is 7.45. The molecule has 3 N–H and O–H groups in total. The van der Waals surface area contributed by atoms with E-state index in [1.54, 1.807) is 17.6 Å². The molecule has 1 atom stereocenters. The average molecular weight is 486 g/mol. The van der Waals surface area contributed by atoms with Crippen molar-refractivity contribution in [3.05, 3.63) is 41.9 Å². The van der Waals surface area contributed by atoms with Crippen LogP contribution in [0.2, 0.25) is 0 Å². The Hall–Kier alpha value is -3.87. The van der Waals surface area contributed by atoms with E-state index in [1.165, 1.54) is 11.8 Å². The molecule has 4 rings (SSSR count). The van der Waals surface area contributed by atoms with Crippen LogP contribution < -0.4 is 20.7 Å². The summed E-state index contributed by atoms with van der Waals surface area (Å²) in [5.41, 5.74) is 0.755. The molecule has 0 spiro atoms. The van der Waals surface area contributed by atoms with Gasteiger partial charge in [-0.05, 0) is 38.1 Å². The maximum absolute atomic E-state index is 12.4. The Balaban J connectivity index is 1.54. The molecule has 1 unspecified atom stereocenters. The molecule has 1 aliphatic heterocycles. The van der Waals surface area contributed by atoms with Crippen molar-refractivity contribution in [1.29, 1.82) is 0 Å². The van der Waals surface area contributed by atoms with Crippen LogP contribution >= 0.6 is 11.8 Å². The highest BCUT2D eigenvalue weighted by molar-refractivity contribution is 7.99. The van der Waals surface area contributed by atoms with E-state index < -0.39 is 12.1 Å². The number of rotatable bonds is 9. The number of hydrogen-bond donors (Lipinski definition) is 3. The van der Waals surface area contributed by atoms with E-state index in [0.717, 1.165) is 5.69 Å². The summed E-state index contributed by atoms with van der Waals surface area (Å²) in [6.45, 7) is 4.18. The van der Waals surface area contributed by atoms with Crippen molar-refractivity contribution in [2.24, 2.45) is 0 Å². The first-order valence-electron chi connectivity index (χ1n) is 10.5. The molecule has 4 amide bonds. The third kappa shape index (κ3) is 5.73. The number of hydrogen-bond acceptors (Lipinski definition) is 9. The molecule has 3 heterocycles. The van der Waals surface area contributed by atoms with E-state index in [2.05, 4.69) is 31.3 Å². The molecule has 12 nitrogen and oxygen atoms in total. The lowest BCUT2D eigenvalue weighted by molar-refractivity contribution is -0.121. The zero-order chi connectivity index (χ0) is 24.1. The van der Waals surface area contributed by atoms with Gasteiger partial charge in [-0.15, -0.1) is 10.2 Å². The van der Waals surface area contributed by atoms with Gasteiger partial charge in [-0.25, -0.2) is 4.79 Å². The first-order chi connectivity index (χ1) is 16.4. The lowest BCUT2D eigenvalue weighted by atomic mass is 10.1. The van der Waals surface area contributed by atoms with Crippen molar-refractivity contribution >= 4 is 35.4 Å². The highest BCUT2D eigenvalue weighted by Crippen LogP contribution is 2.25. The number of nitrogens with zero attached hydrogens (tertiary/aromatic N) is 4. The fourth-order valence-corrected chi connectivity index (χ4v) is 4.17. The van der Waals surface area contributed by atoms with Crippen molar-refractivity contribution in [2.75, 3.05) is 17.7 Å². The number of benzene rings is 1. The van der Waals surface area contributed by atoms with Crippen LogP contribution in [0.25, 0.3) is 5.69 Å². The minimum Gasteiger partial charge on any atom is -0.494 e. The highest BCUT2D eigenvalue weighted by Gasteiger charge is 2.27. The van der Waals surface area contributed by atoms with Crippen LogP contribution in [0.4, 0.5) is 10.6 Å². The third-order valence-corrected chi connectivity index (χ3v) is 5.71. The van der Waals surface area contributed by atoms with Gasteiger partial charge in [0.2, 0.25) is 11.8 Å². The van der Waals surface area contributed by atoms with E-state index in [4.69, 9.17) is 9.26 Å². The smallest absolute Gasteiger partial charge is 0.321 e. The van der Waals surface area contributed by atoms with Gasteiger partial charge in [-0.3, -0.25) is 19.5 Å². The summed E-state index contributed by atoms with van der Waals surface area (Å²) in [5.74, 6) is 1.61. The number of nitrogens with one attached hydrogen (secondary N) is 3.